The van der Waals surface area contributed by atoms with Crippen LogP contribution < -0.4 is 4.74 Å². The molecule has 4 atom stereocenters. The Labute approximate surface area is 224 Å². The molecule has 2 heterocycles. The number of hydrogen-bond donors (Lipinski definition) is 2. The van der Waals surface area contributed by atoms with Crippen molar-refractivity contribution >= 4 is 29.4 Å². The summed E-state index contributed by atoms with van der Waals surface area (Å²) in [6.45, 7) is 1.64. The van der Waals surface area contributed by atoms with Crippen LogP contribution in [-0.2, 0) is 30.4 Å². The summed E-state index contributed by atoms with van der Waals surface area (Å²) in [5.41, 5.74) is 3.41. The molecule has 0 spiro atoms. The van der Waals surface area contributed by atoms with Gasteiger partial charge in [0.05, 0.1) is 18.1 Å². The lowest BCUT2D eigenvalue weighted by atomic mass is 9.58. The fourth-order valence-corrected chi connectivity index (χ4v) is 6.87. The number of carboxylic acid groups (broad SMARTS) is 1. The first-order valence-electron chi connectivity index (χ1n) is 13.1. The topological polar surface area (TPSA) is 138 Å². The van der Waals surface area contributed by atoms with Crippen molar-refractivity contribution < 1.29 is 38.9 Å². The first-order chi connectivity index (χ1) is 18.7. The van der Waals surface area contributed by atoms with E-state index in [1.54, 1.807) is 25.3 Å². The lowest BCUT2D eigenvalue weighted by Crippen LogP contribution is -2.41. The van der Waals surface area contributed by atoms with Crippen LogP contribution in [0.2, 0.25) is 0 Å². The third kappa shape index (κ3) is 3.95. The van der Waals surface area contributed by atoms with Crippen molar-refractivity contribution in [2.45, 2.75) is 39.0 Å². The number of likely N-dealkylation sites (tertiary alicyclic amines) is 1. The number of phenols is 1. The van der Waals surface area contributed by atoms with E-state index in [0.717, 1.165) is 16.7 Å². The van der Waals surface area contributed by atoms with E-state index in [4.69, 9.17) is 9.84 Å². The van der Waals surface area contributed by atoms with Gasteiger partial charge in [0.15, 0.2) is 11.6 Å². The van der Waals surface area contributed by atoms with Crippen LogP contribution in [-0.4, -0.2) is 51.0 Å². The van der Waals surface area contributed by atoms with E-state index >= 15 is 0 Å². The molecule has 3 aliphatic carbocycles. The number of benzene rings is 1. The summed E-state index contributed by atoms with van der Waals surface area (Å²) in [5, 5.41) is 19.0. The number of carbonyl (C=O) groups excluding carboxylic acids is 4. The second-order valence-electron chi connectivity index (χ2n) is 10.8. The van der Waals surface area contributed by atoms with Crippen molar-refractivity contribution in [3.63, 3.8) is 0 Å². The van der Waals surface area contributed by atoms with Crippen molar-refractivity contribution in [3.05, 3.63) is 70.0 Å². The summed E-state index contributed by atoms with van der Waals surface area (Å²) < 4.78 is 5.88. The van der Waals surface area contributed by atoms with Crippen LogP contribution in [0.15, 0.2) is 64.5 Å². The van der Waals surface area contributed by atoms with E-state index in [-0.39, 0.29) is 54.9 Å². The summed E-state index contributed by atoms with van der Waals surface area (Å²) in [6, 6.07) is 4.80. The number of amides is 2. The van der Waals surface area contributed by atoms with Crippen LogP contribution in [0, 0.1) is 23.7 Å². The van der Waals surface area contributed by atoms with Gasteiger partial charge < -0.3 is 14.9 Å². The molecule has 1 aromatic rings. The van der Waals surface area contributed by atoms with Gasteiger partial charge in [-0.05, 0) is 62.0 Å². The molecule has 0 radical (unpaired) electrons. The molecule has 2 aliphatic heterocycles. The first kappa shape index (κ1) is 25.0. The number of aliphatic carboxylic acids is 1. The van der Waals surface area contributed by atoms with Crippen molar-refractivity contribution in [1.29, 1.82) is 0 Å². The normalized spacial score (nSPS) is 27.6. The van der Waals surface area contributed by atoms with Gasteiger partial charge in [0.2, 0.25) is 11.8 Å². The lowest BCUT2D eigenvalue weighted by Gasteiger charge is -2.43. The number of carbonyl (C=O) groups is 5. The summed E-state index contributed by atoms with van der Waals surface area (Å²) in [5.74, 6) is -3.79. The summed E-state index contributed by atoms with van der Waals surface area (Å²) >= 11 is 0. The summed E-state index contributed by atoms with van der Waals surface area (Å²) in [4.78, 5) is 65.8. The minimum atomic E-state index is -0.994. The number of rotatable bonds is 5. The average molecular weight is 530 g/mol. The molecule has 1 aromatic carbocycles. The number of ketones is 2. The predicted octanol–water partition coefficient (Wildman–Crippen LogP) is 3.04. The largest absolute Gasteiger partial charge is 0.508 e. The number of phenolic OH excluding ortho intramolecular Hbond substituents is 1. The van der Waals surface area contributed by atoms with Gasteiger partial charge in [-0.25, -0.2) is 0 Å². The second kappa shape index (κ2) is 9.18. The number of imide groups is 1. The van der Waals surface area contributed by atoms with Gasteiger partial charge in [0, 0.05) is 47.6 Å². The molecule has 1 saturated heterocycles. The van der Waals surface area contributed by atoms with Gasteiger partial charge in [-0.15, -0.1) is 0 Å². The molecule has 0 aromatic heterocycles. The highest BCUT2D eigenvalue weighted by Gasteiger charge is 2.56. The smallest absolute Gasteiger partial charge is 0.303 e. The molecule has 39 heavy (non-hydrogen) atoms. The molecule has 200 valence electrons. The Morgan fingerprint density at radius 2 is 1.92 bits per heavy atom. The molecule has 1 fully saturated rings. The monoisotopic (exact) mass is 529 g/mol. The molecule has 0 bridgehead atoms. The Hall–Kier alpha value is -4.27. The Kier molecular flexibility index (Phi) is 5.89. The fraction of sp³-hybridized carbons (Fsp3) is 0.367. The Morgan fingerprint density at radius 3 is 2.69 bits per heavy atom. The van der Waals surface area contributed by atoms with Gasteiger partial charge in [-0.2, -0.15) is 0 Å². The number of hydrogen-bond acceptors (Lipinski definition) is 7. The zero-order chi connectivity index (χ0) is 27.6. The van der Waals surface area contributed by atoms with E-state index in [1.165, 1.54) is 17.0 Å². The highest BCUT2D eigenvalue weighted by Crippen LogP contribution is 2.54. The SMILES string of the molecule is CC1=CC(=O)C2=C(CC3C(=CCC4C(=O)N(CCCC(=O)O)C(=O)C43)C2C2=COc3ccc(O)cc3C2)C1=O. The van der Waals surface area contributed by atoms with Crippen LogP contribution in [0.4, 0.5) is 0 Å². The number of carboxylic acids is 1. The van der Waals surface area contributed by atoms with Gasteiger partial charge in [0.1, 0.15) is 11.5 Å². The van der Waals surface area contributed by atoms with Gasteiger partial charge in [0.25, 0.3) is 0 Å². The van der Waals surface area contributed by atoms with E-state index in [9.17, 15) is 29.1 Å². The van der Waals surface area contributed by atoms with Crippen LogP contribution in [0.3, 0.4) is 0 Å². The highest BCUT2D eigenvalue weighted by atomic mass is 16.5. The Morgan fingerprint density at radius 1 is 1.13 bits per heavy atom. The van der Waals surface area contributed by atoms with Crippen LogP contribution in [0.5, 0.6) is 11.5 Å². The molecule has 4 unspecified atom stereocenters. The minimum Gasteiger partial charge on any atom is -0.508 e. The van der Waals surface area contributed by atoms with Crippen molar-refractivity contribution in [2.24, 2.45) is 23.7 Å². The van der Waals surface area contributed by atoms with E-state index in [0.29, 0.717) is 35.3 Å². The standard InChI is InChI=1S/C30H27NO8/c1-14-9-22(33)27-21(28(14)36)12-20-18(25(27)16-10-15-11-17(32)4-7-23(15)39-13-16)5-6-19-26(20)30(38)31(29(19)37)8-2-3-24(34)35/h4-5,7,9,11,13,19-20,25-26,32H,2-3,6,8,10,12H2,1H3,(H,34,35). The molecule has 6 rings (SSSR count). The number of aromatic hydroxyl groups is 1. The zero-order valence-corrected chi connectivity index (χ0v) is 21.3. The number of allylic oxidation sites excluding steroid dienone is 7. The summed E-state index contributed by atoms with van der Waals surface area (Å²) in [6.07, 6.45) is 5.79. The number of fused-ring (bicyclic) bond motifs is 4. The predicted molar refractivity (Wildman–Crippen MR) is 136 cm³/mol. The minimum absolute atomic E-state index is 0.0366. The van der Waals surface area contributed by atoms with Crippen LogP contribution >= 0.6 is 0 Å². The lowest BCUT2D eigenvalue weighted by molar-refractivity contribution is -0.142. The quantitative estimate of drug-likeness (QED) is 0.337. The number of ether oxygens (including phenoxy) is 1. The molecule has 9 nitrogen and oxygen atoms in total. The van der Waals surface area contributed by atoms with Crippen molar-refractivity contribution in [1.82, 2.24) is 4.90 Å². The maximum absolute atomic E-state index is 13.6. The average Bonchev–Trinajstić information content (AvgIpc) is 3.15. The Bertz CT molecular complexity index is 1490. The van der Waals surface area contributed by atoms with E-state index in [1.807, 2.05) is 6.08 Å². The van der Waals surface area contributed by atoms with Crippen LogP contribution in [0.1, 0.15) is 38.2 Å². The van der Waals surface area contributed by atoms with Gasteiger partial charge >= 0.3 is 5.97 Å². The zero-order valence-electron chi connectivity index (χ0n) is 21.3. The number of Topliss-reactive ketones (excluding diaryl/α,β-unsaturated/α-hetero) is 1. The molecular weight excluding hydrogens is 502 g/mol. The van der Waals surface area contributed by atoms with Gasteiger partial charge in [-0.1, -0.05) is 11.6 Å². The van der Waals surface area contributed by atoms with Crippen molar-refractivity contribution in [3.8, 4) is 11.5 Å². The molecule has 2 amide bonds. The van der Waals surface area contributed by atoms with E-state index in [2.05, 4.69) is 0 Å². The fourth-order valence-electron chi connectivity index (χ4n) is 6.87. The van der Waals surface area contributed by atoms with E-state index < -0.39 is 29.6 Å². The molecule has 2 N–H and O–H groups in total. The molecular formula is C30H27NO8. The third-order valence-corrected chi connectivity index (χ3v) is 8.57. The van der Waals surface area contributed by atoms with Crippen LogP contribution in [0.25, 0.3) is 0 Å². The molecule has 5 aliphatic rings. The van der Waals surface area contributed by atoms with Gasteiger partial charge in [-0.3, -0.25) is 28.9 Å². The third-order valence-electron chi connectivity index (χ3n) is 8.57. The maximum Gasteiger partial charge on any atom is 0.303 e. The molecule has 9 heteroatoms. The summed E-state index contributed by atoms with van der Waals surface area (Å²) in [7, 11) is 0. The maximum atomic E-state index is 13.6. The molecule has 0 saturated carbocycles. The number of nitrogens with zero attached hydrogens (tertiary/aromatic N) is 1. The van der Waals surface area contributed by atoms with Crippen molar-refractivity contribution in [2.75, 3.05) is 6.54 Å². The first-order valence-corrected chi connectivity index (χ1v) is 13.1. The second-order valence-corrected chi connectivity index (χ2v) is 10.8. The Balaban J connectivity index is 1.40. The highest BCUT2D eigenvalue weighted by molar-refractivity contribution is 6.23.